The lowest BCUT2D eigenvalue weighted by molar-refractivity contribution is -0.137. The van der Waals surface area contributed by atoms with Crippen molar-refractivity contribution < 1.29 is 19.5 Å². The van der Waals surface area contributed by atoms with E-state index in [1.54, 1.807) is 5.38 Å². The van der Waals surface area contributed by atoms with Gasteiger partial charge in [0.25, 0.3) is 0 Å². The number of imide groups is 1. The fraction of sp³-hybridized carbons (Fsp3) is 0.400. The van der Waals surface area contributed by atoms with Crippen molar-refractivity contribution in [2.75, 3.05) is 7.05 Å². The van der Waals surface area contributed by atoms with E-state index in [1.807, 2.05) is 0 Å². The highest BCUT2D eigenvalue weighted by Gasteiger charge is 2.37. The van der Waals surface area contributed by atoms with Crippen LogP contribution in [0.25, 0.3) is 0 Å². The standard InChI is InChI=1S/C10H10N2O4S2/c1-12-7(13)3-6(9(12)16)18-10-11-5(4-17-10)2-8(14)15/h4,6H,2-3H2,1H3,(H,14,15). The zero-order valence-corrected chi connectivity index (χ0v) is 11.1. The van der Waals surface area contributed by atoms with Crippen LogP contribution >= 0.6 is 23.1 Å². The van der Waals surface area contributed by atoms with Crippen LogP contribution in [0, 0.1) is 0 Å². The number of carbonyl (C=O) groups is 3. The summed E-state index contributed by atoms with van der Waals surface area (Å²) >= 11 is 2.51. The van der Waals surface area contributed by atoms with E-state index in [2.05, 4.69) is 4.98 Å². The molecule has 2 amide bonds. The van der Waals surface area contributed by atoms with Gasteiger partial charge < -0.3 is 5.11 Å². The Balaban J connectivity index is 2.02. The van der Waals surface area contributed by atoms with Gasteiger partial charge in [-0.3, -0.25) is 19.3 Å². The van der Waals surface area contributed by atoms with Gasteiger partial charge in [0.2, 0.25) is 11.8 Å². The second kappa shape index (κ2) is 5.07. The lowest BCUT2D eigenvalue weighted by Crippen LogP contribution is -2.26. The van der Waals surface area contributed by atoms with Crippen molar-refractivity contribution in [1.82, 2.24) is 9.88 Å². The zero-order chi connectivity index (χ0) is 13.3. The Bertz CT molecular complexity index is 514. The van der Waals surface area contributed by atoms with Crippen LogP contribution < -0.4 is 0 Å². The normalized spacial score (nSPS) is 19.6. The highest BCUT2D eigenvalue weighted by atomic mass is 32.2. The van der Waals surface area contributed by atoms with Crippen LogP contribution in [-0.2, 0) is 20.8 Å². The number of thiazole rings is 1. The van der Waals surface area contributed by atoms with Crippen LogP contribution in [0.3, 0.4) is 0 Å². The van der Waals surface area contributed by atoms with E-state index in [9.17, 15) is 14.4 Å². The average molecular weight is 286 g/mol. The van der Waals surface area contributed by atoms with Crippen molar-refractivity contribution >= 4 is 40.9 Å². The van der Waals surface area contributed by atoms with Gasteiger partial charge in [0.05, 0.1) is 17.4 Å². The Morgan fingerprint density at radius 2 is 2.39 bits per heavy atom. The highest BCUT2D eigenvalue weighted by molar-refractivity contribution is 8.02. The van der Waals surface area contributed by atoms with Crippen LogP contribution in [0.5, 0.6) is 0 Å². The number of thioether (sulfide) groups is 1. The average Bonchev–Trinajstić information content (AvgIpc) is 2.80. The molecule has 0 aliphatic carbocycles. The van der Waals surface area contributed by atoms with Crippen LogP contribution in [0.15, 0.2) is 9.72 Å². The maximum Gasteiger partial charge on any atom is 0.309 e. The summed E-state index contributed by atoms with van der Waals surface area (Å²) in [4.78, 5) is 38.7. The van der Waals surface area contributed by atoms with Gasteiger partial charge >= 0.3 is 5.97 Å². The SMILES string of the molecule is CN1C(=O)CC(Sc2nc(CC(=O)O)cs2)C1=O. The minimum Gasteiger partial charge on any atom is -0.481 e. The predicted octanol–water partition coefficient (Wildman–Crippen LogP) is 0.620. The molecule has 1 atom stereocenters. The molecule has 0 radical (unpaired) electrons. The Morgan fingerprint density at radius 1 is 1.67 bits per heavy atom. The molecule has 18 heavy (non-hydrogen) atoms. The molecule has 2 rings (SSSR count). The Morgan fingerprint density at radius 3 is 2.94 bits per heavy atom. The Hall–Kier alpha value is -1.41. The van der Waals surface area contributed by atoms with Gasteiger partial charge in [0, 0.05) is 18.8 Å². The molecule has 2 heterocycles. The lowest BCUT2D eigenvalue weighted by atomic mass is 10.3. The van der Waals surface area contributed by atoms with Crippen LogP contribution in [0.2, 0.25) is 0 Å². The van der Waals surface area contributed by atoms with Crippen molar-refractivity contribution in [3.63, 3.8) is 0 Å². The summed E-state index contributed by atoms with van der Waals surface area (Å²) in [6.45, 7) is 0. The van der Waals surface area contributed by atoms with Crippen LogP contribution in [-0.4, -0.2) is 45.1 Å². The number of hydrogen-bond acceptors (Lipinski definition) is 6. The summed E-state index contributed by atoms with van der Waals surface area (Å²) in [6.07, 6.45) is 0.0440. The molecular weight excluding hydrogens is 276 g/mol. The van der Waals surface area contributed by atoms with Gasteiger partial charge in [-0.05, 0) is 0 Å². The largest absolute Gasteiger partial charge is 0.481 e. The van der Waals surface area contributed by atoms with Gasteiger partial charge in [0.1, 0.15) is 0 Å². The summed E-state index contributed by atoms with van der Waals surface area (Å²) in [5, 5.41) is 9.84. The lowest BCUT2D eigenvalue weighted by Gasteiger charge is -2.06. The molecule has 0 aromatic carbocycles. The van der Waals surface area contributed by atoms with E-state index < -0.39 is 11.2 Å². The third-order valence-electron chi connectivity index (χ3n) is 2.45. The summed E-state index contributed by atoms with van der Waals surface area (Å²) in [7, 11) is 1.46. The minimum atomic E-state index is -0.941. The van der Waals surface area contributed by atoms with E-state index in [1.165, 1.54) is 30.1 Å². The van der Waals surface area contributed by atoms with Crippen molar-refractivity contribution in [3.8, 4) is 0 Å². The molecule has 8 heteroatoms. The molecule has 6 nitrogen and oxygen atoms in total. The molecule has 1 aromatic rings. The molecule has 1 saturated heterocycles. The molecule has 1 aliphatic heterocycles. The summed E-state index contributed by atoms with van der Waals surface area (Å²) in [5.41, 5.74) is 0.472. The van der Waals surface area contributed by atoms with Crippen LogP contribution in [0.1, 0.15) is 12.1 Å². The van der Waals surface area contributed by atoms with E-state index >= 15 is 0 Å². The first-order valence-electron chi connectivity index (χ1n) is 5.10. The van der Waals surface area contributed by atoms with Crippen molar-refractivity contribution in [2.45, 2.75) is 22.4 Å². The molecule has 1 N–H and O–H groups in total. The quantitative estimate of drug-likeness (QED) is 0.816. The number of rotatable bonds is 4. The Labute approximate surface area is 111 Å². The molecule has 0 spiro atoms. The van der Waals surface area contributed by atoms with E-state index in [4.69, 9.17) is 5.11 Å². The molecule has 96 valence electrons. The van der Waals surface area contributed by atoms with Crippen molar-refractivity contribution in [1.29, 1.82) is 0 Å². The second-order valence-electron chi connectivity index (χ2n) is 3.78. The summed E-state index contributed by atoms with van der Waals surface area (Å²) in [5.74, 6) is -1.36. The smallest absolute Gasteiger partial charge is 0.309 e. The minimum absolute atomic E-state index is 0.130. The third-order valence-corrected chi connectivity index (χ3v) is 4.65. The van der Waals surface area contributed by atoms with Gasteiger partial charge in [-0.1, -0.05) is 11.8 Å². The van der Waals surface area contributed by atoms with E-state index in [-0.39, 0.29) is 24.7 Å². The molecular formula is C10H10N2O4S2. The number of amides is 2. The summed E-state index contributed by atoms with van der Waals surface area (Å²) < 4.78 is 0.618. The monoisotopic (exact) mass is 286 g/mol. The number of likely N-dealkylation sites (tertiary alicyclic amines) is 1. The molecule has 1 unspecified atom stereocenters. The maximum absolute atomic E-state index is 11.7. The molecule has 0 saturated carbocycles. The van der Waals surface area contributed by atoms with E-state index in [0.29, 0.717) is 10.0 Å². The number of nitrogens with zero attached hydrogens (tertiary/aromatic N) is 2. The zero-order valence-electron chi connectivity index (χ0n) is 9.45. The number of carboxylic acid groups (broad SMARTS) is 1. The number of carboxylic acids is 1. The molecule has 1 aromatic heterocycles. The number of hydrogen-bond donors (Lipinski definition) is 1. The Kier molecular flexibility index (Phi) is 3.67. The molecule has 1 fully saturated rings. The predicted molar refractivity (Wildman–Crippen MR) is 65.5 cm³/mol. The highest BCUT2D eigenvalue weighted by Crippen LogP contribution is 2.32. The first-order chi connectivity index (χ1) is 8.47. The van der Waals surface area contributed by atoms with Crippen molar-refractivity contribution in [3.05, 3.63) is 11.1 Å². The summed E-state index contributed by atoms with van der Waals surface area (Å²) in [6, 6.07) is 0. The molecule has 0 bridgehead atoms. The fourth-order valence-electron chi connectivity index (χ4n) is 1.51. The first kappa shape index (κ1) is 13.0. The maximum atomic E-state index is 11.7. The fourth-order valence-corrected chi connectivity index (χ4v) is 3.67. The number of aliphatic carboxylic acids is 1. The first-order valence-corrected chi connectivity index (χ1v) is 6.86. The second-order valence-corrected chi connectivity index (χ2v) is 6.08. The number of carbonyl (C=O) groups excluding carboxylic acids is 2. The van der Waals surface area contributed by atoms with Gasteiger partial charge in [-0.2, -0.15) is 0 Å². The van der Waals surface area contributed by atoms with Gasteiger partial charge in [0.15, 0.2) is 4.34 Å². The number of aromatic nitrogens is 1. The topological polar surface area (TPSA) is 87.6 Å². The van der Waals surface area contributed by atoms with E-state index in [0.717, 1.165) is 4.90 Å². The third kappa shape index (κ3) is 2.70. The van der Waals surface area contributed by atoms with Gasteiger partial charge in [-0.25, -0.2) is 4.98 Å². The van der Waals surface area contributed by atoms with Crippen LogP contribution in [0.4, 0.5) is 0 Å². The van der Waals surface area contributed by atoms with Gasteiger partial charge in [-0.15, -0.1) is 11.3 Å². The molecule has 1 aliphatic rings. The van der Waals surface area contributed by atoms with Crippen molar-refractivity contribution in [2.24, 2.45) is 0 Å².